The van der Waals surface area contributed by atoms with Crippen LogP contribution in [0.3, 0.4) is 0 Å². The normalized spacial score (nSPS) is 15.5. The number of hydrogen-bond donors (Lipinski definition) is 2. The molecule has 5 nitrogen and oxygen atoms in total. The number of aromatic hydroxyl groups is 2. The van der Waals surface area contributed by atoms with Crippen molar-refractivity contribution >= 4 is 11.8 Å². The fraction of sp³-hybridized carbons (Fsp3) is 0.586. The minimum absolute atomic E-state index is 0.00781. The Hall–Kier alpha value is -1.89. The van der Waals surface area contributed by atoms with Crippen LogP contribution < -0.4 is 4.74 Å². The summed E-state index contributed by atoms with van der Waals surface area (Å²) in [6.07, 6.45) is 9.11. The monoisotopic (exact) mass is 500 g/mol. The third-order valence-corrected chi connectivity index (χ3v) is 8.14. The average Bonchev–Trinajstić information content (AvgIpc) is 2.87. The van der Waals surface area contributed by atoms with Crippen LogP contribution in [0, 0.1) is 0 Å². The van der Waals surface area contributed by atoms with Crippen molar-refractivity contribution in [2.24, 2.45) is 0 Å². The van der Waals surface area contributed by atoms with Crippen LogP contribution in [0.1, 0.15) is 56.6 Å². The van der Waals surface area contributed by atoms with E-state index in [9.17, 15) is 10.2 Å². The van der Waals surface area contributed by atoms with Crippen LogP contribution in [0.2, 0.25) is 0 Å². The van der Waals surface area contributed by atoms with E-state index in [0.717, 1.165) is 62.5 Å². The molecule has 194 valence electrons. The Balaban J connectivity index is 1.31. The molecule has 2 N–H and O–H groups in total. The first-order valence-corrected chi connectivity index (χ1v) is 14.2. The Labute approximate surface area is 216 Å². The number of nitrogens with zero attached hydrogens (tertiary/aromatic N) is 2. The zero-order valence-corrected chi connectivity index (χ0v) is 22.7. The fourth-order valence-electron chi connectivity index (χ4n) is 5.09. The van der Waals surface area contributed by atoms with Gasteiger partial charge in [-0.05, 0) is 89.0 Å². The molecule has 1 aliphatic rings. The first kappa shape index (κ1) is 27.7. The quantitative estimate of drug-likeness (QED) is 0.179. The highest BCUT2D eigenvalue weighted by Gasteiger charge is 2.26. The van der Waals surface area contributed by atoms with Crippen molar-refractivity contribution in [3.63, 3.8) is 0 Å². The molecular formula is C29H44N2O3S. The molecule has 0 aliphatic heterocycles. The number of phenols is 2. The molecule has 0 saturated heterocycles. The molecule has 1 aliphatic carbocycles. The summed E-state index contributed by atoms with van der Waals surface area (Å²) in [6.45, 7) is 6.79. The Morgan fingerprint density at radius 3 is 2.51 bits per heavy atom. The van der Waals surface area contributed by atoms with Crippen molar-refractivity contribution in [3.8, 4) is 17.2 Å². The maximum absolute atomic E-state index is 10.2. The van der Waals surface area contributed by atoms with Crippen LogP contribution >= 0.6 is 11.8 Å². The van der Waals surface area contributed by atoms with Crippen LogP contribution in [0.15, 0.2) is 41.3 Å². The molecule has 0 saturated carbocycles. The van der Waals surface area contributed by atoms with Gasteiger partial charge in [0.05, 0.1) is 7.11 Å². The van der Waals surface area contributed by atoms with E-state index in [1.807, 2.05) is 30.0 Å². The third-order valence-electron chi connectivity index (χ3n) is 7.10. The summed E-state index contributed by atoms with van der Waals surface area (Å²) in [4.78, 5) is 6.32. The second-order valence-electron chi connectivity index (χ2n) is 9.72. The molecule has 0 spiro atoms. The SMILES string of the molecule is CCCN(CCCCCCN(C)CCSc1ccccc1OC)C1CCc2c(ccc(O)c2O)C1. The van der Waals surface area contributed by atoms with Gasteiger partial charge in [-0.3, -0.25) is 0 Å². The number of unbranched alkanes of at least 4 members (excludes halogenated alkanes) is 3. The molecular weight excluding hydrogens is 456 g/mol. The maximum Gasteiger partial charge on any atom is 0.160 e. The molecule has 3 rings (SSSR count). The van der Waals surface area contributed by atoms with Gasteiger partial charge in [-0.25, -0.2) is 0 Å². The predicted octanol–water partition coefficient (Wildman–Crippen LogP) is 5.96. The molecule has 2 aromatic carbocycles. The first-order chi connectivity index (χ1) is 17.0. The van der Waals surface area contributed by atoms with E-state index in [4.69, 9.17) is 4.74 Å². The largest absolute Gasteiger partial charge is 0.504 e. The lowest BCUT2D eigenvalue weighted by Gasteiger charge is -2.35. The van der Waals surface area contributed by atoms with E-state index >= 15 is 0 Å². The van der Waals surface area contributed by atoms with Crippen molar-refractivity contribution in [3.05, 3.63) is 47.5 Å². The Kier molecular flexibility index (Phi) is 11.6. The van der Waals surface area contributed by atoms with Crippen molar-refractivity contribution in [2.75, 3.05) is 46.1 Å². The van der Waals surface area contributed by atoms with Crippen LogP contribution in [0.25, 0.3) is 0 Å². The molecule has 35 heavy (non-hydrogen) atoms. The molecule has 0 aromatic heterocycles. The summed E-state index contributed by atoms with van der Waals surface area (Å²) < 4.78 is 5.44. The first-order valence-electron chi connectivity index (χ1n) is 13.2. The molecule has 0 heterocycles. The summed E-state index contributed by atoms with van der Waals surface area (Å²) >= 11 is 1.87. The van der Waals surface area contributed by atoms with Gasteiger partial charge in [0.25, 0.3) is 0 Å². The number of ether oxygens (including phenoxy) is 1. The Morgan fingerprint density at radius 2 is 1.74 bits per heavy atom. The van der Waals surface area contributed by atoms with Gasteiger partial charge in [0.2, 0.25) is 0 Å². The number of benzene rings is 2. The molecule has 1 unspecified atom stereocenters. The number of para-hydroxylation sites is 1. The highest BCUT2D eigenvalue weighted by Crippen LogP contribution is 2.36. The Bertz CT molecular complexity index is 907. The summed E-state index contributed by atoms with van der Waals surface area (Å²) in [5, 5.41) is 20.0. The fourth-order valence-corrected chi connectivity index (χ4v) is 6.18. The van der Waals surface area contributed by atoms with Gasteiger partial charge in [-0.2, -0.15) is 0 Å². The lowest BCUT2D eigenvalue weighted by molar-refractivity contribution is 0.175. The molecule has 0 amide bonds. The molecule has 6 heteroatoms. The minimum Gasteiger partial charge on any atom is -0.504 e. The number of fused-ring (bicyclic) bond motifs is 1. The van der Waals surface area contributed by atoms with E-state index < -0.39 is 0 Å². The summed E-state index contributed by atoms with van der Waals surface area (Å²) in [5.74, 6) is 2.14. The number of methoxy groups -OCH3 is 1. The molecule has 2 aromatic rings. The zero-order chi connectivity index (χ0) is 25.0. The van der Waals surface area contributed by atoms with Crippen molar-refractivity contribution in [1.82, 2.24) is 9.80 Å². The van der Waals surface area contributed by atoms with Crippen molar-refractivity contribution < 1.29 is 14.9 Å². The van der Waals surface area contributed by atoms with E-state index in [1.165, 1.54) is 42.6 Å². The number of hydrogen-bond acceptors (Lipinski definition) is 6. The number of rotatable bonds is 15. The van der Waals surface area contributed by atoms with Crippen molar-refractivity contribution in [2.45, 2.75) is 69.2 Å². The average molecular weight is 501 g/mol. The van der Waals surface area contributed by atoms with Gasteiger partial charge in [0, 0.05) is 28.8 Å². The van der Waals surface area contributed by atoms with E-state index in [0.29, 0.717) is 6.04 Å². The third kappa shape index (κ3) is 8.33. The zero-order valence-electron chi connectivity index (χ0n) is 21.8. The predicted molar refractivity (Wildman–Crippen MR) is 147 cm³/mol. The summed E-state index contributed by atoms with van der Waals surface area (Å²) in [6, 6.07) is 12.4. The lowest BCUT2D eigenvalue weighted by atomic mass is 9.86. The van der Waals surface area contributed by atoms with Gasteiger partial charge in [-0.1, -0.05) is 38.0 Å². The number of phenolic OH excluding ortho intramolecular Hbond substituents is 2. The van der Waals surface area contributed by atoms with Crippen LogP contribution in [-0.2, 0) is 12.8 Å². The summed E-state index contributed by atoms with van der Waals surface area (Å²) in [5.41, 5.74) is 2.15. The van der Waals surface area contributed by atoms with E-state index in [2.05, 4.69) is 35.9 Å². The lowest BCUT2D eigenvalue weighted by Crippen LogP contribution is -2.40. The summed E-state index contributed by atoms with van der Waals surface area (Å²) in [7, 11) is 3.96. The van der Waals surface area contributed by atoms with Gasteiger partial charge < -0.3 is 24.7 Å². The highest BCUT2D eigenvalue weighted by molar-refractivity contribution is 7.99. The van der Waals surface area contributed by atoms with E-state index in [-0.39, 0.29) is 11.5 Å². The second kappa shape index (κ2) is 14.6. The molecule has 1 atom stereocenters. The maximum atomic E-state index is 10.2. The van der Waals surface area contributed by atoms with Gasteiger partial charge in [0.1, 0.15) is 5.75 Å². The van der Waals surface area contributed by atoms with Crippen molar-refractivity contribution in [1.29, 1.82) is 0 Å². The van der Waals surface area contributed by atoms with Crippen LogP contribution in [0.4, 0.5) is 0 Å². The highest BCUT2D eigenvalue weighted by atomic mass is 32.2. The minimum atomic E-state index is 0.00781. The topological polar surface area (TPSA) is 56.2 Å². The van der Waals surface area contributed by atoms with E-state index in [1.54, 1.807) is 13.2 Å². The molecule has 0 bridgehead atoms. The van der Waals surface area contributed by atoms with Crippen LogP contribution in [0.5, 0.6) is 17.2 Å². The smallest absolute Gasteiger partial charge is 0.160 e. The Morgan fingerprint density at radius 1 is 0.971 bits per heavy atom. The number of thioether (sulfide) groups is 1. The standard InChI is InChI=1S/C29H44N2O3S/c1-4-17-31(24-14-15-25-23(22-24)13-16-26(32)29(25)33)19-10-6-5-9-18-30(2)20-21-35-28-12-8-7-11-27(28)34-3/h7-8,11-13,16,24,32-33H,4-6,9-10,14-15,17-22H2,1-3H3. The second-order valence-corrected chi connectivity index (χ2v) is 10.9. The molecule has 0 fully saturated rings. The molecule has 0 radical (unpaired) electrons. The van der Waals surface area contributed by atoms with Gasteiger partial charge in [0.15, 0.2) is 11.5 Å². The van der Waals surface area contributed by atoms with Crippen LogP contribution in [-0.4, -0.2) is 72.1 Å². The van der Waals surface area contributed by atoms with Gasteiger partial charge in [-0.15, -0.1) is 11.8 Å². The van der Waals surface area contributed by atoms with Gasteiger partial charge >= 0.3 is 0 Å².